The lowest BCUT2D eigenvalue weighted by Crippen LogP contribution is -2.23. The topological polar surface area (TPSA) is 56.5 Å². The number of hydrogen-bond donors (Lipinski definition) is 2. The fourth-order valence-electron chi connectivity index (χ4n) is 2.33. The minimum atomic E-state index is 0.0193. The average molecular weight is 236 g/mol. The molecule has 3 N–H and O–H groups in total. The molecule has 2 atom stereocenters. The molecule has 1 fully saturated rings. The summed E-state index contributed by atoms with van der Waals surface area (Å²) in [6, 6.07) is 5.84. The summed E-state index contributed by atoms with van der Waals surface area (Å²) in [6.45, 7) is 2.03. The second kappa shape index (κ2) is 5.38. The van der Waals surface area contributed by atoms with E-state index < -0.39 is 0 Å². The Morgan fingerprint density at radius 3 is 2.76 bits per heavy atom. The standard InChI is InChI=1S/C13H20N2O2/c1-16-10-3-4-11(12(7-10)17-2)13(14)9-5-6-15-8-9/h3-4,7,9,13,15H,5-6,8,14H2,1-2H3. The van der Waals surface area contributed by atoms with Crippen molar-refractivity contribution in [1.29, 1.82) is 0 Å². The molecule has 4 nitrogen and oxygen atoms in total. The summed E-state index contributed by atoms with van der Waals surface area (Å²) in [5, 5.41) is 3.34. The maximum Gasteiger partial charge on any atom is 0.127 e. The summed E-state index contributed by atoms with van der Waals surface area (Å²) in [6.07, 6.45) is 1.12. The first-order valence-corrected chi connectivity index (χ1v) is 5.94. The Labute approximate surface area is 102 Å². The second-order valence-corrected chi connectivity index (χ2v) is 4.39. The fourth-order valence-corrected chi connectivity index (χ4v) is 2.33. The maximum absolute atomic E-state index is 6.31. The van der Waals surface area contributed by atoms with Gasteiger partial charge in [-0.25, -0.2) is 0 Å². The van der Waals surface area contributed by atoms with Crippen molar-refractivity contribution in [2.45, 2.75) is 12.5 Å². The van der Waals surface area contributed by atoms with Crippen molar-refractivity contribution < 1.29 is 9.47 Å². The van der Waals surface area contributed by atoms with Crippen LogP contribution in [0.2, 0.25) is 0 Å². The van der Waals surface area contributed by atoms with Crippen molar-refractivity contribution in [3.05, 3.63) is 23.8 Å². The Morgan fingerprint density at radius 2 is 2.18 bits per heavy atom. The van der Waals surface area contributed by atoms with Gasteiger partial charge in [0, 0.05) is 17.7 Å². The van der Waals surface area contributed by atoms with Crippen molar-refractivity contribution in [1.82, 2.24) is 5.32 Å². The van der Waals surface area contributed by atoms with E-state index in [1.165, 1.54) is 0 Å². The average Bonchev–Trinajstić information content (AvgIpc) is 2.91. The normalized spacial score (nSPS) is 21.2. The zero-order valence-electron chi connectivity index (χ0n) is 10.4. The van der Waals surface area contributed by atoms with Gasteiger partial charge in [0.25, 0.3) is 0 Å². The van der Waals surface area contributed by atoms with Gasteiger partial charge in [0.2, 0.25) is 0 Å². The number of nitrogens with two attached hydrogens (primary N) is 1. The predicted octanol–water partition coefficient (Wildman–Crippen LogP) is 1.31. The molecule has 2 rings (SSSR count). The number of benzene rings is 1. The summed E-state index contributed by atoms with van der Waals surface area (Å²) in [7, 11) is 3.31. The van der Waals surface area contributed by atoms with Crippen LogP contribution in [0, 0.1) is 5.92 Å². The summed E-state index contributed by atoms with van der Waals surface area (Å²) in [5.74, 6) is 2.09. The summed E-state index contributed by atoms with van der Waals surface area (Å²) >= 11 is 0. The molecule has 0 aromatic heterocycles. The third kappa shape index (κ3) is 2.53. The van der Waals surface area contributed by atoms with Gasteiger partial charge in [-0.15, -0.1) is 0 Å². The van der Waals surface area contributed by atoms with Gasteiger partial charge in [-0.2, -0.15) is 0 Å². The molecule has 0 saturated carbocycles. The number of nitrogens with one attached hydrogen (secondary N) is 1. The van der Waals surface area contributed by atoms with E-state index in [-0.39, 0.29) is 6.04 Å². The molecule has 4 heteroatoms. The molecule has 0 amide bonds. The maximum atomic E-state index is 6.31. The van der Waals surface area contributed by atoms with Gasteiger partial charge in [-0.3, -0.25) is 0 Å². The Bertz CT molecular complexity index is 376. The number of hydrogen-bond acceptors (Lipinski definition) is 4. The van der Waals surface area contributed by atoms with Crippen molar-refractivity contribution >= 4 is 0 Å². The van der Waals surface area contributed by atoms with E-state index in [4.69, 9.17) is 15.2 Å². The van der Waals surface area contributed by atoms with Crippen LogP contribution >= 0.6 is 0 Å². The number of methoxy groups -OCH3 is 2. The Balaban J connectivity index is 2.23. The van der Waals surface area contributed by atoms with E-state index in [0.29, 0.717) is 5.92 Å². The molecule has 94 valence electrons. The highest BCUT2D eigenvalue weighted by Gasteiger charge is 2.25. The van der Waals surface area contributed by atoms with Crippen LogP contribution in [0.5, 0.6) is 11.5 Å². The van der Waals surface area contributed by atoms with Crippen LogP contribution in [-0.4, -0.2) is 27.3 Å². The van der Waals surface area contributed by atoms with Gasteiger partial charge >= 0.3 is 0 Å². The minimum absolute atomic E-state index is 0.0193. The molecule has 0 bridgehead atoms. The Hall–Kier alpha value is -1.26. The van der Waals surface area contributed by atoms with E-state index in [1.807, 2.05) is 18.2 Å². The van der Waals surface area contributed by atoms with Gasteiger partial charge < -0.3 is 20.5 Å². The highest BCUT2D eigenvalue weighted by Crippen LogP contribution is 2.33. The van der Waals surface area contributed by atoms with E-state index in [1.54, 1.807) is 14.2 Å². The molecular formula is C13H20N2O2. The van der Waals surface area contributed by atoms with Crippen LogP contribution in [0.25, 0.3) is 0 Å². The molecule has 1 heterocycles. The van der Waals surface area contributed by atoms with Crippen LogP contribution in [0.1, 0.15) is 18.0 Å². The third-order valence-electron chi connectivity index (χ3n) is 3.41. The highest BCUT2D eigenvalue weighted by atomic mass is 16.5. The minimum Gasteiger partial charge on any atom is -0.497 e. The number of ether oxygens (including phenoxy) is 2. The van der Waals surface area contributed by atoms with E-state index in [9.17, 15) is 0 Å². The molecule has 1 aromatic carbocycles. The second-order valence-electron chi connectivity index (χ2n) is 4.39. The molecule has 1 aliphatic heterocycles. The Kier molecular flexibility index (Phi) is 3.86. The molecule has 17 heavy (non-hydrogen) atoms. The smallest absolute Gasteiger partial charge is 0.127 e. The van der Waals surface area contributed by atoms with Crippen LogP contribution in [0.3, 0.4) is 0 Å². The monoisotopic (exact) mass is 236 g/mol. The molecule has 0 aliphatic carbocycles. The van der Waals surface area contributed by atoms with Gasteiger partial charge in [0.05, 0.1) is 14.2 Å². The van der Waals surface area contributed by atoms with Gasteiger partial charge in [-0.05, 0) is 31.5 Å². The Morgan fingerprint density at radius 1 is 1.35 bits per heavy atom. The lowest BCUT2D eigenvalue weighted by molar-refractivity contribution is 0.379. The fraction of sp³-hybridized carbons (Fsp3) is 0.538. The van der Waals surface area contributed by atoms with Crippen LogP contribution in [0.15, 0.2) is 18.2 Å². The van der Waals surface area contributed by atoms with Crippen molar-refractivity contribution in [2.24, 2.45) is 11.7 Å². The zero-order valence-corrected chi connectivity index (χ0v) is 10.4. The van der Waals surface area contributed by atoms with Gasteiger partial charge in [-0.1, -0.05) is 6.07 Å². The molecule has 1 saturated heterocycles. The van der Waals surface area contributed by atoms with Crippen molar-refractivity contribution in [2.75, 3.05) is 27.3 Å². The lowest BCUT2D eigenvalue weighted by atomic mass is 9.92. The lowest BCUT2D eigenvalue weighted by Gasteiger charge is -2.21. The van der Waals surface area contributed by atoms with Crippen molar-refractivity contribution in [3.8, 4) is 11.5 Å². The molecular weight excluding hydrogens is 216 g/mol. The predicted molar refractivity (Wildman–Crippen MR) is 67.5 cm³/mol. The van der Waals surface area contributed by atoms with Crippen LogP contribution in [0.4, 0.5) is 0 Å². The van der Waals surface area contributed by atoms with Crippen molar-refractivity contribution in [3.63, 3.8) is 0 Å². The largest absolute Gasteiger partial charge is 0.497 e. The van der Waals surface area contributed by atoms with E-state index in [0.717, 1.165) is 36.6 Å². The van der Waals surface area contributed by atoms with E-state index in [2.05, 4.69) is 5.32 Å². The first-order valence-electron chi connectivity index (χ1n) is 5.94. The molecule has 2 unspecified atom stereocenters. The van der Waals surface area contributed by atoms with Crippen LogP contribution in [-0.2, 0) is 0 Å². The summed E-state index contributed by atoms with van der Waals surface area (Å²) in [4.78, 5) is 0. The highest BCUT2D eigenvalue weighted by molar-refractivity contribution is 5.42. The van der Waals surface area contributed by atoms with E-state index >= 15 is 0 Å². The molecule has 1 aromatic rings. The first-order chi connectivity index (χ1) is 8.26. The molecule has 0 radical (unpaired) electrons. The zero-order chi connectivity index (χ0) is 12.3. The quantitative estimate of drug-likeness (QED) is 0.827. The molecule has 1 aliphatic rings. The van der Waals surface area contributed by atoms with Gasteiger partial charge in [0.1, 0.15) is 11.5 Å². The third-order valence-corrected chi connectivity index (χ3v) is 3.41. The summed E-state index contributed by atoms with van der Waals surface area (Å²) < 4.78 is 10.6. The first kappa shape index (κ1) is 12.2. The number of rotatable bonds is 4. The molecule has 0 spiro atoms. The van der Waals surface area contributed by atoms with Gasteiger partial charge in [0.15, 0.2) is 0 Å². The summed E-state index contributed by atoms with van der Waals surface area (Å²) in [5.41, 5.74) is 7.36. The van der Waals surface area contributed by atoms with Crippen LogP contribution < -0.4 is 20.5 Å². The SMILES string of the molecule is COc1ccc(C(N)C2CCNC2)c(OC)c1.